The largest absolute Gasteiger partial charge is 0.381 e. The van der Waals surface area contributed by atoms with Crippen molar-refractivity contribution in [3.63, 3.8) is 0 Å². The second-order valence-electron chi connectivity index (χ2n) is 12.6. The molecule has 1 atom stereocenters. The maximum absolute atomic E-state index is 10.9. The summed E-state index contributed by atoms with van der Waals surface area (Å²) >= 11 is 0. The third kappa shape index (κ3) is 4.82. The summed E-state index contributed by atoms with van der Waals surface area (Å²) in [4.78, 5) is 0. The van der Waals surface area contributed by atoms with Crippen molar-refractivity contribution in [3.05, 3.63) is 23.3 Å². The van der Waals surface area contributed by atoms with Gasteiger partial charge in [0.2, 0.25) is 0 Å². The van der Waals surface area contributed by atoms with Crippen LogP contribution in [0.2, 0.25) is 0 Å². The van der Waals surface area contributed by atoms with E-state index in [0.717, 1.165) is 34.6 Å². The SMILES string of the molecule is Cc1cc(NC23CC4CC(CC(C4)C2)C3)c(NC2CCCCC2)cc1C(O)OC(C)(C)C. The van der Waals surface area contributed by atoms with Gasteiger partial charge in [-0.25, -0.2) is 0 Å². The van der Waals surface area contributed by atoms with E-state index in [9.17, 15) is 5.11 Å². The molecule has 4 bridgehead atoms. The summed E-state index contributed by atoms with van der Waals surface area (Å²) in [5.41, 5.74) is 4.26. The average Bonchev–Trinajstić information content (AvgIpc) is 2.68. The van der Waals surface area contributed by atoms with Crippen LogP contribution in [0.3, 0.4) is 0 Å². The number of aliphatic hydroxyl groups excluding tert-OH is 1. The molecule has 178 valence electrons. The van der Waals surface area contributed by atoms with Gasteiger partial charge in [0.25, 0.3) is 0 Å². The first-order valence-corrected chi connectivity index (χ1v) is 13.2. The molecule has 0 radical (unpaired) electrons. The molecule has 1 aromatic carbocycles. The van der Waals surface area contributed by atoms with Crippen LogP contribution in [0, 0.1) is 24.7 Å². The number of anilines is 2. The highest BCUT2D eigenvalue weighted by Gasteiger charge is 2.51. The van der Waals surface area contributed by atoms with Crippen LogP contribution in [-0.2, 0) is 4.74 Å². The van der Waals surface area contributed by atoms with Crippen molar-refractivity contribution in [2.24, 2.45) is 17.8 Å². The van der Waals surface area contributed by atoms with E-state index in [1.165, 1.54) is 76.3 Å². The smallest absolute Gasteiger partial charge is 0.182 e. The summed E-state index contributed by atoms with van der Waals surface area (Å²) in [6.07, 6.45) is 13.9. The Morgan fingerprint density at radius 2 is 1.53 bits per heavy atom. The van der Waals surface area contributed by atoms with Crippen molar-refractivity contribution in [2.45, 2.75) is 122 Å². The second-order valence-corrected chi connectivity index (χ2v) is 12.6. The molecule has 1 aromatic rings. The fraction of sp³-hybridized carbons (Fsp3) is 0.786. The number of benzene rings is 1. The van der Waals surface area contributed by atoms with Gasteiger partial charge in [0.05, 0.1) is 17.0 Å². The molecule has 6 rings (SSSR count). The molecule has 0 amide bonds. The lowest BCUT2D eigenvalue weighted by Gasteiger charge is -2.57. The number of rotatable bonds is 6. The molecule has 0 aliphatic heterocycles. The monoisotopic (exact) mass is 440 g/mol. The minimum atomic E-state index is -0.907. The van der Waals surface area contributed by atoms with Crippen molar-refractivity contribution in [2.75, 3.05) is 10.6 Å². The zero-order valence-electron chi connectivity index (χ0n) is 20.7. The predicted molar refractivity (Wildman–Crippen MR) is 132 cm³/mol. The number of hydrogen-bond acceptors (Lipinski definition) is 4. The highest BCUT2D eigenvalue weighted by Crippen LogP contribution is 2.57. The van der Waals surface area contributed by atoms with E-state index >= 15 is 0 Å². The Kier molecular flexibility index (Phi) is 5.99. The molecule has 32 heavy (non-hydrogen) atoms. The number of aliphatic hydroxyl groups is 1. The van der Waals surface area contributed by atoms with Crippen LogP contribution in [0.25, 0.3) is 0 Å². The van der Waals surface area contributed by atoms with Crippen LogP contribution in [0.15, 0.2) is 12.1 Å². The summed E-state index contributed by atoms with van der Waals surface area (Å²) in [7, 11) is 0. The van der Waals surface area contributed by atoms with Crippen LogP contribution >= 0.6 is 0 Å². The standard InChI is InChI=1S/C28H44N2O2/c1-18-10-25(30-28-15-19-11-20(16-28)13-21(12-19)17-28)24(29-22-8-6-5-7-9-22)14-23(18)26(31)32-27(2,3)4/h10,14,19-22,26,29-31H,5-9,11-13,15-17H2,1-4H3. The lowest BCUT2D eigenvalue weighted by atomic mass is 9.53. The van der Waals surface area contributed by atoms with E-state index < -0.39 is 6.29 Å². The molecule has 4 nitrogen and oxygen atoms in total. The number of ether oxygens (including phenoxy) is 1. The predicted octanol–water partition coefficient (Wildman–Crippen LogP) is 6.93. The minimum absolute atomic E-state index is 0.270. The van der Waals surface area contributed by atoms with Gasteiger partial charge in [-0.1, -0.05) is 19.3 Å². The van der Waals surface area contributed by atoms with E-state index in [1.54, 1.807) is 0 Å². The fourth-order valence-corrected chi connectivity index (χ4v) is 7.63. The third-order valence-corrected chi connectivity index (χ3v) is 8.54. The van der Waals surface area contributed by atoms with Gasteiger partial charge in [0.15, 0.2) is 6.29 Å². The third-order valence-electron chi connectivity index (χ3n) is 8.54. The highest BCUT2D eigenvalue weighted by atomic mass is 16.6. The molecule has 5 saturated carbocycles. The lowest BCUT2D eigenvalue weighted by molar-refractivity contribution is -0.169. The molecular formula is C28H44N2O2. The fourth-order valence-electron chi connectivity index (χ4n) is 7.63. The first-order chi connectivity index (χ1) is 15.2. The van der Waals surface area contributed by atoms with Gasteiger partial charge in [0.1, 0.15) is 0 Å². The molecule has 4 heteroatoms. The molecule has 5 fully saturated rings. The Bertz CT molecular complexity index is 786. The van der Waals surface area contributed by atoms with Gasteiger partial charge in [-0.2, -0.15) is 0 Å². The van der Waals surface area contributed by atoms with Crippen molar-refractivity contribution in [1.29, 1.82) is 0 Å². The summed E-state index contributed by atoms with van der Waals surface area (Å²) in [6.45, 7) is 8.10. The second kappa shape index (κ2) is 8.51. The summed E-state index contributed by atoms with van der Waals surface area (Å²) in [5.74, 6) is 2.77. The van der Waals surface area contributed by atoms with Crippen LogP contribution in [0.4, 0.5) is 11.4 Å². The zero-order valence-corrected chi connectivity index (χ0v) is 20.7. The van der Waals surface area contributed by atoms with Crippen molar-refractivity contribution < 1.29 is 9.84 Å². The molecular weight excluding hydrogens is 396 g/mol. The van der Waals surface area contributed by atoms with Crippen LogP contribution < -0.4 is 10.6 Å². The topological polar surface area (TPSA) is 53.5 Å². The molecule has 5 aliphatic carbocycles. The van der Waals surface area contributed by atoms with E-state index in [2.05, 4.69) is 29.7 Å². The number of aryl methyl sites for hydroxylation is 1. The van der Waals surface area contributed by atoms with Crippen molar-refractivity contribution in [3.8, 4) is 0 Å². The van der Waals surface area contributed by atoms with Gasteiger partial charge in [-0.3, -0.25) is 0 Å². The highest BCUT2D eigenvalue weighted by molar-refractivity contribution is 5.72. The molecule has 0 saturated heterocycles. The normalized spacial score (nSPS) is 33.3. The van der Waals surface area contributed by atoms with Gasteiger partial charge in [-0.15, -0.1) is 0 Å². The first kappa shape index (κ1) is 22.5. The van der Waals surface area contributed by atoms with Gasteiger partial charge >= 0.3 is 0 Å². The van der Waals surface area contributed by atoms with E-state index in [-0.39, 0.29) is 11.1 Å². The molecule has 1 unspecified atom stereocenters. The molecule has 0 spiro atoms. The number of nitrogens with one attached hydrogen (secondary N) is 2. The maximum Gasteiger partial charge on any atom is 0.182 e. The maximum atomic E-state index is 10.9. The van der Waals surface area contributed by atoms with Gasteiger partial charge < -0.3 is 20.5 Å². The minimum Gasteiger partial charge on any atom is -0.381 e. The van der Waals surface area contributed by atoms with Crippen LogP contribution in [0.5, 0.6) is 0 Å². The van der Waals surface area contributed by atoms with E-state index in [1.807, 2.05) is 20.8 Å². The van der Waals surface area contributed by atoms with Gasteiger partial charge in [0, 0.05) is 17.1 Å². The van der Waals surface area contributed by atoms with Gasteiger partial charge in [-0.05, 0) is 115 Å². The summed E-state index contributed by atoms with van der Waals surface area (Å²) < 4.78 is 5.93. The Labute approximate surface area is 194 Å². The van der Waals surface area contributed by atoms with Crippen molar-refractivity contribution in [1.82, 2.24) is 0 Å². The quantitative estimate of drug-likeness (QED) is 0.420. The molecule has 3 N–H and O–H groups in total. The summed E-state index contributed by atoms with van der Waals surface area (Å²) in [6, 6.07) is 4.97. The van der Waals surface area contributed by atoms with Crippen LogP contribution in [0.1, 0.15) is 109 Å². The molecule has 5 aliphatic rings. The average molecular weight is 441 g/mol. The lowest BCUT2D eigenvalue weighted by Crippen LogP contribution is -2.54. The molecule has 0 heterocycles. The van der Waals surface area contributed by atoms with Crippen molar-refractivity contribution >= 4 is 11.4 Å². The Morgan fingerprint density at radius 1 is 0.938 bits per heavy atom. The van der Waals surface area contributed by atoms with Crippen LogP contribution in [-0.4, -0.2) is 22.3 Å². The zero-order chi connectivity index (χ0) is 22.5. The number of hydrogen-bond donors (Lipinski definition) is 3. The van der Waals surface area contributed by atoms with E-state index in [0.29, 0.717) is 6.04 Å². The Morgan fingerprint density at radius 3 is 2.09 bits per heavy atom. The molecule has 0 aromatic heterocycles. The summed E-state index contributed by atoms with van der Waals surface area (Å²) in [5, 5.41) is 18.9. The Hall–Kier alpha value is -1.26. The first-order valence-electron chi connectivity index (χ1n) is 13.2. The Balaban J connectivity index is 1.44. The van der Waals surface area contributed by atoms with E-state index in [4.69, 9.17) is 4.74 Å².